The largest absolute Gasteiger partial charge is 0.446 e. The maximum atomic E-state index is 15.4. The lowest BCUT2D eigenvalue weighted by Crippen LogP contribution is -2.64. The first-order chi connectivity index (χ1) is 18.2. The van der Waals surface area contributed by atoms with Crippen molar-refractivity contribution in [3.8, 4) is 11.1 Å². The third-order valence-electron chi connectivity index (χ3n) is 7.94. The van der Waals surface area contributed by atoms with Crippen molar-refractivity contribution in [2.75, 3.05) is 42.5 Å². The minimum Gasteiger partial charge on any atom is -0.446 e. The molecule has 38 heavy (non-hydrogen) atoms. The molecule has 4 N–H and O–H groups in total. The Labute approximate surface area is 217 Å². The Kier molecular flexibility index (Phi) is 6.05. The number of nitrogens with one attached hydrogen (secondary N) is 2. The highest BCUT2D eigenvalue weighted by Crippen LogP contribution is 2.49. The van der Waals surface area contributed by atoms with E-state index in [0.29, 0.717) is 47.8 Å². The third kappa shape index (κ3) is 4.38. The number of anilines is 3. The Morgan fingerprint density at radius 3 is 2.82 bits per heavy atom. The first-order valence-corrected chi connectivity index (χ1v) is 12.8. The smallest absolute Gasteiger partial charge is 0.413 e. The molecule has 1 spiro atoms. The molecular formula is C27H29F3N6O2. The molecule has 200 valence electrons. The maximum Gasteiger partial charge on any atom is 0.413 e. The molecule has 1 amide bonds. The summed E-state index contributed by atoms with van der Waals surface area (Å²) in [5, 5.41) is 7.06. The van der Waals surface area contributed by atoms with E-state index in [9.17, 15) is 13.6 Å². The lowest BCUT2D eigenvalue weighted by molar-refractivity contribution is -0.137. The van der Waals surface area contributed by atoms with Crippen LogP contribution in [0.2, 0.25) is 0 Å². The van der Waals surface area contributed by atoms with E-state index < -0.39 is 18.3 Å². The van der Waals surface area contributed by atoms with Gasteiger partial charge < -0.3 is 15.8 Å². The Hall–Kier alpha value is -3.60. The number of nitrogens with zero attached hydrogens (tertiary/aromatic N) is 3. The van der Waals surface area contributed by atoms with Gasteiger partial charge in [0.1, 0.15) is 11.9 Å². The van der Waals surface area contributed by atoms with Gasteiger partial charge in [0.2, 0.25) is 0 Å². The van der Waals surface area contributed by atoms with E-state index >= 15 is 4.39 Å². The number of nitrogens with two attached hydrogens (primary N) is 1. The second-order valence-electron chi connectivity index (χ2n) is 10.7. The summed E-state index contributed by atoms with van der Waals surface area (Å²) in [5.74, 6) is -0.288. The average Bonchev–Trinajstić information content (AvgIpc) is 2.84. The fraction of sp³-hybridized carbons (Fsp3) is 0.444. The second-order valence-corrected chi connectivity index (χ2v) is 10.7. The molecule has 3 aromatic rings. The summed E-state index contributed by atoms with van der Waals surface area (Å²) in [6.45, 7) is 3.80. The summed E-state index contributed by atoms with van der Waals surface area (Å²) < 4.78 is 45.9. The summed E-state index contributed by atoms with van der Waals surface area (Å²) in [6.07, 6.45) is 3.08. The Morgan fingerprint density at radius 2 is 2.05 bits per heavy atom. The topological polar surface area (TPSA) is 105 Å². The van der Waals surface area contributed by atoms with Crippen LogP contribution in [0.25, 0.3) is 21.9 Å². The number of aryl methyl sites for hydroxylation is 1. The molecular weight excluding hydrogens is 497 g/mol. The van der Waals surface area contributed by atoms with Crippen LogP contribution in [0.4, 0.5) is 35.2 Å². The zero-order chi connectivity index (χ0) is 26.6. The van der Waals surface area contributed by atoms with Crippen LogP contribution >= 0.6 is 0 Å². The van der Waals surface area contributed by atoms with Crippen LogP contribution in [0, 0.1) is 18.2 Å². The zero-order valence-corrected chi connectivity index (χ0v) is 21.0. The standard InChI is InChI=1S/C27H29F3N6O2/c1-14-18(9-33-20-3-2-4-32-25(14)20)17-5-15-6-22(34-10-19(15)24(31)23(17)30)35-26(37)38-16-7-27(8-16)12-36(13-27)11-21(28)29/h5-6,9-10,16,21,32H,2-4,7-8,11-13,31H2,1H3,(H,34,35,37). The molecule has 11 heteroatoms. The van der Waals surface area contributed by atoms with Crippen molar-refractivity contribution in [2.45, 2.75) is 45.1 Å². The molecule has 2 aromatic heterocycles. The minimum absolute atomic E-state index is 0.0156. The number of nitrogen functional groups attached to an aromatic ring is 1. The van der Waals surface area contributed by atoms with Gasteiger partial charge in [-0.1, -0.05) is 0 Å². The fourth-order valence-corrected chi connectivity index (χ4v) is 6.14. The highest BCUT2D eigenvalue weighted by atomic mass is 19.3. The number of hydrogen-bond acceptors (Lipinski definition) is 7. The van der Waals surface area contributed by atoms with E-state index in [-0.39, 0.29) is 29.6 Å². The van der Waals surface area contributed by atoms with Crippen molar-refractivity contribution >= 4 is 34.1 Å². The molecule has 2 aliphatic heterocycles. The van der Waals surface area contributed by atoms with Crippen molar-refractivity contribution in [2.24, 2.45) is 5.41 Å². The van der Waals surface area contributed by atoms with Gasteiger partial charge in [-0.2, -0.15) is 0 Å². The van der Waals surface area contributed by atoms with Gasteiger partial charge in [0.25, 0.3) is 6.43 Å². The molecule has 1 saturated heterocycles. The number of carbonyl (C=O) groups is 1. The van der Waals surface area contributed by atoms with Crippen LogP contribution in [-0.2, 0) is 11.2 Å². The van der Waals surface area contributed by atoms with E-state index in [2.05, 4.69) is 20.6 Å². The van der Waals surface area contributed by atoms with Crippen molar-refractivity contribution in [3.63, 3.8) is 0 Å². The van der Waals surface area contributed by atoms with E-state index in [1.807, 2.05) is 6.92 Å². The molecule has 6 rings (SSSR count). The van der Waals surface area contributed by atoms with Crippen LogP contribution < -0.4 is 16.4 Å². The van der Waals surface area contributed by atoms with Crippen LogP contribution in [-0.4, -0.2) is 59.7 Å². The molecule has 3 aliphatic rings. The van der Waals surface area contributed by atoms with Crippen molar-refractivity contribution in [3.05, 3.63) is 41.6 Å². The number of amides is 1. The Morgan fingerprint density at radius 1 is 1.26 bits per heavy atom. The van der Waals surface area contributed by atoms with Crippen molar-refractivity contribution in [1.29, 1.82) is 0 Å². The van der Waals surface area contributed by atoms with Crippen molar-refractivity contribution in [1.82, 2.24) is 14.9 Å². The summed E-state index contributed by atoms with van der Waals surface area (Å²) in [4.78, 5) is 23.0. The summed E-state index contributed by atoms with van der Waals surface area (Å²) in [7, 11) is 0. The van der Waals surface area contributed by atoms with Gasteiger partial charge >= 0.3 is 6.09 Å². The van der Waals surface area contributed by atoms with Crippen LogP contribution in [0.15, 0.2) is 24.5 Å². The number of rotatable bonds is 5. The van der Waals surface area contributed by atoms with E-state index in [1.165, 1.54) is 6.20 Å². The summed E-state index contributed by atoms with van der Waals surface area (Å²) in [5.41, 5.74) is 9.92. The third-order valence-corrected chi connectivity index (χ3v) is 7.94. The van der Waals surface area contributed by atoms with Gasteiger partial charge in [0, 0.05) is 54.0 Å². The number of carbonyl (C=O) groups excluding carboxylic acids is 1. The second kappa shape index (κ2) is 9.30. The maximum absolute atomic E-state index is 15.4. The SMILES string of the molecule is Cc1c(-c2cc3cc(NC(=O)OC4CC5(C4)CN(CC(F)F)C5)ncc3c(N)c2F)cnc2c1NCCC2. The highest BCUT2D eigenvalue weighted by Gasteiger charge is 2.54. The van der Waals surface area contributed by atoms with E-state index in [4.69, 9.17) is 10.5 Å². The fourth-order valence-electron chi connectivity index (χ4n) is 6.14. The Balaban J connectivity index is 1.16. The number of hydrogen-bond donors (Lipinski definition) is 3. The van der Waals surface area contributed by atoms with Gasteiger partial charge in [0.15, 0.2) is 5.82 Å². The Bertz CT molecular complexity index is 1420. The molecule has 8 nitrogen and oxygen atoms in total. The number of benzene rings is 1. The average molecular weight is 527 g/mol. The quantitative estimate of drug-likeness (QED) is 0.404. The van der Waals surface area contributed by atoms with Crippen LogP contribution in [0.1, 0.15) is 30.5 Å². The lowest BCUT2D eigenvalue weighted by Gasteiger charge is -2.58. The molecule has 0 bridgehead atoms. The van der Waals surface area contributed by atoms with E-state index in [1.54, 1.807) is 23.2 Å². The monoisotopic (exact) mass is 526 g/mol. The molecule has 4 heterocycles. The van der Waals surface area contributed by atoms with E-state index in [0.717, 1.165) is 36.3 Å². The predicted octanol–water partition coefficient (Wildman–Crippen LogP) is 4.96. The lowest BCUT2D eigenvalue weighted by atomic mass is 9.62. The van der Waals surface area contributed by atoms with Gasteiger partial charge in [-0.3, -0.25) is 15.2 Å². The number of alkyl halides is 2. The number of fused-ring (bicyclic) bond motifs is 2. The molecule has 0 radical (unpaired) electrons. The van der Waals surface area contributed by atoms with Gasteiger partial charge in [-0.05, 0) is 55.7 Å². The van der Waals surface area contributed by atoms with Gasteiger partial charge in [-0.15, -0.1) is 0 Å². The first kappa shape index (κ1) is 24.7. The number of ether oxygens (including phenoxy) is 1. The number of aromatic nitrogens is 2. The number of pyridine rings is 2. The number of likely N-dealkylation sites (tertiary alicyclic amines) is 1. The van der Waals surface area contributed by atoms with Crippen LogP contribution in [0.5, 0.6) is 0 Å². The minimum atomic E-state index is -2.33. The summed E-state index contributed by atoms with van der Waals surface area (Å²) >= 11 is 0. The predicted molar refractivity (Wildman–Crippen MR) is 139 cm³/mol. The first-order valence-electron chi connectivity index (χ1n) is 12.8. The van der Waals surface area contributed by atoms with Gasteiger partial charge in [0.05, 0.1) is 23.6 Å². The normalized spacial score (nSPS) is 18.6. The molecule has 1 aliphatic carbocycles. The summed E-state index contributed by atoms with van der Waals surface area (Å²) in [6, 6.07) is 3.32. The number of halogens is 3. The molecule has 0 unspecified atom stereocenters. The molecule has 2 fully saturated rings. The van der Waals surface area contributed by atoms with Crippen molar-refractivity contribution < 1.29 is 22.7 Å². The van der Waals surface area contributed by atoms with Gasteiger partial charge in [-0.25, -0.2) is 22.9 Å². The molecule has 0 atom stereocenters. The van der Waals surface area contributed by atoms with Crippen LogP contribution in [0.3, 0.4) is 0 Å². The highest BCUT2D eigenvalue weighted by molar-refractivity contribution is 5.99. The zero-order valence-electron chi connectivity index (χ0n) is 21.0. The molecule has 1 saturated carbocycles. The molecule has 1 aromatic carbocycles.